The molecule has 0 spiro atoms. The third-order valence-corrected chi connectivity index (χ3v) is 5.49. The standard InChI is InChI=1S/C16H9ClF2N6O3S/c17-8-3-4-20-15-11(8)7(5-21-15)14(26)12-9(18)1-2-10(13(12)19)25-29(27,28)16-22-6-23-24-16/h1-6,25H,(H,20,21)(H,22,23,24). The van der Waals surface area contributed by atoms with E-state index in [0.717, 1.165) is 18.5 Å². The maximum Gasteiger partial charge on any atom is 0.297 e. The van der Waals surface area contributed by atoms with Gasteiger partial charge in [0, 0.05) is 17.8 Å². The van der Waals surface area contributed by atoms with Crippen LogP contribution in [0.25, 0.3) is 11.0 Å². The van der Waals surface area contributed by atoms with Gasteiger partial charge in [0.1, 0.15) is 17.8 Å². The van der Waals surface area contributed by atoms with E-state index >= 15 is 0 Å². The van der Waals surface area contributed by atoms with Crippen LogP contribution in [0.1, 0.15) is 15.9 Å². The van der Waals surface area contributed by atoms with Crippen LogP contribution in [-0.2, 0) is 10.0 Å². The van der Waals surface area contributed by atoms with Crippen LogP contribution < -0.4 is 4.72 Å². The van der Waals surface area contributed by atoms with Crippen LogP contribution in [0.5, 0.6) is 0 Å². The monoisotopic (exact) mass is 438 g/mol. The number of nitrogens with one attached hydrogen (secondary N) is 3. The van der Waals surface area contributed by atoms with Gasteiger partial charge in [-0.3, -0.25) is 9.52 Å². The minimum absolute atomic E-state index is 0.119. The molecule has 0 saturated heterocycles. The Hall–Kier alpha value is -3.38. The second kappa shape index (κ2) is 6.90. The van der Waals surface area contributed by atoms with Crippen molar-refractivity contribution in [2.24, 2.45) is 0 Å². The van der Waals surface area contributed by atoms with Gasteiger partial charge < -0.3 is 4.98 Å². The van der Waals surface area contributed by atoms with Crippen molar-refractivity contribution in [2.75, 3.05) is 4.72 Å². The van der Waals surface area contributed by atoms with E-state index in [4.69, 9.17) is 11.6 Å². The van der Waals surface area contributed by atoms with Gasteiger partial charge in [-0.1, -0.05) is 11.6 Å². The Bertz CT molecular complexity index is 1350. The lowest BCUT2D eigenvalue weighted by atomic mass is 10.0. The number of aromatic nitrogens is 5. The molecule has 0 aliphatic heterocycles. The molecule has 9 nitrogen and oxygen atoms in total. The van der Waals surface area contributed by atoms with E-state index in [-0.39, 0.29) is 21.6 Å². The maximum atomic E-state index is 15.0. The number of carbonyl (C=O) groups excluding carboxylic acids is 1. The number of hydrogen-bond donors (Lipinski definition) is 3. The number of benzene rings is 1. The molecule has 3 heterocycles. The number of hydrogen-bond acceptors (Lipinski definition) is 6. The lowest BCUT2D eigenvalue weighted by Crippen LogP contribution is -2.17. The second-order valence-electron chi connectivity index (χ2n) is 5.73. The first-order valence-electron chi connectivity index (χ1n) is 7.82. The molecule has 0 bridgehead atoms. The van der Waals surface area contributed by atoms with E-state index in [1.807, 2.05) is 4.72 Å². The van der Waals surface area contributed by atoms with E-state index in [1.165, 1.54) is 18.5 Å². The first-order chi connectivity index (χ1) is 13.8. The van der Waals surface area contributed by atoms with E-state index in [2.05, 4.69) is 25.1 Å². The molecule has 3 N–H and O–H groups in total. The Kier molecular flexibility index (Phi) is 4.51. The Balaban J connectivity index is 1.80. The van der Waals surface area contributed by atoms with Crippen LogP contribution in [0.15, 0.2) is 42.1 Å². The molecular formula is C16H9ClF2N6O3S. The van der Waals surface area contributed by atoms with Gasteiger partial charge in [-0.15, -0.1) is 0 Å². The largest absolute Gasteiger partial charge is 0.345 e. The van der Waals surface area contributed by atoms with E-state index in [0.29, 0.717) is 0 Å². The molecule has 0 unspecified atom stereocenters. The molecule has 0 fully saturated rings. The minimum atomic E-state index is -4.33. The van der Waals surface area contributed by atoms with Gasteiger partial charge in [-0.05, 0) is 18.2 Å². The fourth-order valence-corrected chi connectivity index (χ4v) is 3.84. The summed E-state index contributed by atoms with van der Waals surface area (Å²) in [5, 5.41) is 5.27. The lowest BCUT2D eigenvalue weighted by molar-refractivity contribution is 0.103. The van der Waals surface area contributed by atoms with Crippen molar-refractivity contribution < 1.29 is 22.0 Å². The Morgan fingerprint density at radius 1 is 1.17 bits per heavy atom. The number of pyridine rings is 1. The summed E-state index contributed by atoms with van der Waals surface area (Å²) in [7, 11) is -4.33. The van der Waals surface area contributed by atoms with Gasteiger partial charge in [0.05, 0.1) is 21.8 Å². The summed E-state index contributed by atoms with van der Waals surface area (Å²) in [5.41, 5.74) is -1.46. The molecule has 0 amide bonds. The van der Waals surface area contributed by atoms with Crippen molar-refractivity contribution >= 4 is 44.1 Å². The number of fused-ring (bicyclic) bond motifs is 1. The number of anilines is 1. The predicted molar refractivity (Wildman–Crippen MR) is 98.1 cm³/mol. The smallest absolute Gasteiger partial charge is 0.297 e. The molecule has 0 atom stereocenters. The number of carbonyl (C=O) groups is 1. The summed E-state index contributed by atoms with van der Waals surface area (Å²) in [5.74, 6) is -3.61. The average Bonchev–Trinajstić information content (AvgIpc) is 3.35. The van der Waals surface area contributed by atoms with Gasteiger partial charge in [-0.2, -0.15) is 13.5 Å². The molecule has 3 aromatic heterocycles. The Morgan fingerprint density at radius 3 is 2.69 bits per heavy atom. The van der Waals surface area contributed by atoms with Crippen molar-refractivity contribution in [3.63, 3.8) is 0 Å². The first kappa shape index (κ1) is 19.0. The normalized spacial score (nSPS) is 11.7. The van der Waals surface area contributed by atoms with Crippen molar-refractivity contribution in [3.8, 4) is 0 Å². The van der Waals surface area contributed by atoms with Crippen LogP contribution in [0.3, 0.4) is 0 Å². The number of rotatable bonds is 5. The Labute approximate surface area is 166 Å². The zero-order valence-electron chi connectivity index (χ0n) is 14.1. The molecule has 1 aromatic carbocycles. The number of sulfonamides is 1. The van der Waals surface area contributed by atoms with Crippen molar-refractivity contribution in [1.82, 2.24) is 25.1 Å². The van der Waals surface area contributed by atoms with Gasteiger partial charge in [-0.25, -0.2) is 23.8 Å². The number of aromatic amines is 2. The third kappa shape index (κ3) is 3.21. The van der Waals surface area contributed by atoms with E-state index < -0.39 is 43.8 Å². The fourth-order valence-electron chi connectivity index (χ4n) is 2.69. The van der Waals surface area contributed by atoms with Crippen LogP contribution in [0.2, 0.25) is 5.02 Å². The maximum absolute atomic E-state index is 15.0. The second-order valence-corrected chi connectivity index (χ2v) is 7.73. The molecule has 29 heavy (non-hydrogen) atoms. The predicted octanol–water partition coefficient (Wildman–Crippen LogP) is 2.64. The van der Waals surface area contributed by atoms with Gasteiger partial charge in [0.15, 0.2) is 5.82 Å². The number of H-pyrrole nitrogens is 2. The highest BCUT2D eigenvalue weighted by Gasteiger charge is 2.27. The highest BCUT2D eigenvalue weighted by Crippen LogP contribution is 2.30. The summed E-state index contributed by atoms with van der Waals surface area (Å²) in [6.45, 7) is 0. The average molecular weight is 439 g/mol. The molecule has 4 rings (SSSR count). The summed E-state index contributed by atoms with van der Waals surface area (Å²) < 4.78 is 55.6. The summed E-state index contributed by atoms with van der Waals surface area (Å²) in [6.07, 6.45) is 3.56. The summed E-state index contributed by atoms with van der Waals surface area (Å²) in [4.78, 5) is 23.0. The molecule has 0 saturated carbocycles. The minimum Gasteiger partial charge on any atom is -0.345 e. The van der Waals surface area contributed by atoms with Crippen molar-refractivity contribution in [2.45, 2.75) is 5.16 Å². The molecule has 13 heteroatoms. The van der Waals surface area contributed by atoms with Gasteiger partial charge in [0.2, 0.25) is 5.78 Å². The SMILES string of the molecule is O=C(c1c(F)ccc(NS(=O)(=O)c2ncn[nH]2)c1F)c1c[nH]c2nccc(Cl)c12. The van der Waals surface area contributed by atoms with Crippen molar-refractivity contribution in [1.29, 1.82) is 0 Å². The quantitative estimate of drug-likeness (QED) is 0.410. The highest BCUT2D eigenvalue weighted by molar-refractivity contribution is 7.92. The molecule has 0 aliphatic rings. The molecule has 4 aromatic rings. The number of halogens is 3. The molecular weight excluding hydrogens is 430 g/mol. The molecule has 148 valence electrons. The zero-order chi connectivity index (χ0) is 20.8. The van der Waals surface area contributed by atoms with Crippen LogP contribution in [-0.4, -0.2) is 39.4 Å². The highest BCUT2D eigenvalue weighted by atomic mass is 35.5. The Morgan fingerprint density at radius 2 is 1.97 bits per heavy atom. The number of nitrogens with zero attached hydrogens (tertiary/aromatic N) is 3. The van der Waals surface area contributed by atoms with Crippen molar-refractivity contribution in [3.05, 3.63) is 64.7 Å². The van der Waals surface area contributed by atoms with Crippen LogP contribution >= 0.6 is 11.6 Å². The topological polar surface area (TPSA) is 133 Å². The van der Waals surface area contributed by atoms with E-state index in [9.17, 15) is 22.0 Å². The third-order valence-electron chi connectivity index (χ3n) is 3.98. The summed E-state index contributed by atoms with van der Waals surface area (Å²) >= 11 is 6.08. The zero-order valence-corrected chi connectivity index (χ0v) is 15.6. The van der Waals surface area contributed by atoms with Gasteiger partial charge >= 0.3 is 0 Å². The fraction of sp³-hybridized carbons (Fsp3) is 0. The molecule has 0 aliphatic carbocycles. The number of ketones is 1. The van der Waals surface area contributed by atoms with Crippen LogP contribution in [0.4, 0.5) is 14.5 Å². The lowest BCUT2D eigenvalue weighted by Gasteiger charge is -2.10. The van der Waals surface area contributed by atoms with Crippen LogP contribution in [0, 0.1) is 11.6 Å². The molecule has 0 radical (unpaired) electrons. The van der Waals surface area contributed by atoms with Gasteiger partial charge in [0.25, 0.3) is 15.2 Å². The first-order valence-corrected chi connectivity index (χ1v) is 9.68. The summed E-state index contributed by atoms with van der Waals surface area (Å²) in [6, 6.07) is 3.03. The van der Waals surface area contributed by atoms with E-state index in [1.54, 1.807) is 0 Å².